The van der Waals surface area contributed by atoms with Crippen molar-refractivity contribution in [3.8, 4) is 0 Å². The van der Waals surface area contributed by atoms with Crippen molar-refractivity contribution in [3.05, 3.63) is 53.6 Å². The van der Waals surface area contributed by atoms with E-state index in [0.29, 0.717) is 5.92 Å². The van der Waals surface area contributed by atoms with Crippen molar-refractivity contribution in [2.45, 2.75) is 20.3 Å². The number of carbonyl (C=O) groups is 1. The summed E-state index contributed by atoms with van der Waals surface area (Å²) in [5, 5.41) is 8.83. The first-order valence-corrected chi connectivity index (χ1v) is 7.20. The normalized spacial score (nSPS) is 13.3. The molecule has 0 saturated heterocycles. The van der Waals surface area contributed by atoms with Crippen LogP contribution in [0.3, 0.4) is 0 Å². The molecule has 22 heavy (non-hydrogen) atoms. The number of benzene rings is 1. The van der Waals surface area contributed by atoms with Crippen LogP contribution in [0.4, 0.5) is 5.69 Å². The van der Waals surface area contributed by atoms with E-state index >= 15 is 0 Å². The summed E-state index contributed by atoms with van der Waals surface area (Å²) in [5.74, 6) is 4.61. The summed E-state index contributed by atoms with van der Waals surface area (Å²) >= 11 is 0. The average molecular weight is 303 g/mol. The predicted octanol–water partition coefficient (Wildman–Crippen LogP) is 2.53. The Kier molecular flexibility index (Phi) is 6.82. The van der Waals surface area contributed by atoms with Gasteiger partial charge in [-0.2, -0.15) is 0 Å². The first kappa shape index (κ1) is 17.9. The highest BCUT2D eigenvalue weighted by Gasteiger charge is 2.03. The summed E-state index contributed by atoms with van der Waals surface area (Å²) in [5.41, 5.74) is 3.40. The zero-order chi connectivity index (χ0) is 16.7. The van der Waals surface area contributed by atoms with E-state index in [2.05, 4.69) is 42.2 Å². The summed E-state index contributed by atoms with van der Waals surface area (Å²) in [7, 11) is 4.04. The number of nitrogens with two attached hydrogens (primary N) is 1. The molecule has 0 spiro atoms. The molecule has 0 heterocycles. The zero-order valence-electron chi connectivity index (χ0n) is 13.7. The number of carbonyl (C=O) groups excluding carboxylic acids is 1. The largest absolute Gasteiger partial charge is 0.378 e. The van der Waals surface area contributed by atoms with E-state index in [-0.39, 0.29) is 5.17 Å². The van der Waals surface area contributed by atoms with Gasteiger partial charge in [0, 0.05) is 25.9 Å². The van der Waals surface area contributed by atoms with Crippen molar-refractivity contribution < 1.29 is 10.0 Å². The predicted molar refractivity (Wildman–Crippen MR) is 89.4 cm³/mol. The van der Waals surface area contributed by atoms with E-state index in [4.69, 9.17) is 11.0 Å². The third kappa shape index (κ3) is 6.11. The number of hydroxylamine groups is 1. The number of rotatable bonds is 6. The number of hydrogen-bond donors (Lipinski definition) is 2. The van der Waals surface area contributed by atoms with Gasteiger partial charge in [-0.3, -0.25) is 10.0 Å². The summed E-state index contributed by atoms with van der Waals surface area (Å²) in [6.45, 7) is 4.04. The topological polar surface area (TPSA) is 69.8 Å². The van der Waals surface area contributed by atoms with Gasteiger partial charge in [0.05, 0.1) is 0 Å². The van der Waals surface area contributed by atoms with E-state index in [0.717, 1.165) is 12.0 Å². The van der Waals surface area contributed by atoms with Crippen LogP contribution in [0.1, 0.15) is 19.4 Å². The van der Waals surface area contributed by atoms with Gasteiger partial charge in [0.1, 0.15) is 0 Å². The Morgan fingerprint density at radius 3 is 2.36 bits per heavy atom. The molecule has 0 aliphatic carbocycles. The minimum absolute atomic E-state index is 0.0690. The fourth-order valence-corrected chi connectivity index (χ4v) is 2.14. The monoisotopic (exact) mass is 303 g/mol. The van der Waals surface area contributed by atoms with Crippen molar-refractivity contribution >= 4 is 11.6 Å². The maximum Gasteiger partial charge on any atom is 0.284 e. The van der Waals surface area contributed by atoms with Gasteiger partial charge in [0.2, 0.25) is 0 Å². The van der Waals surface area contributed by atoms with Crippen molar-refractivity contribution in [1.29, 1.82) is 0 Å². The minimum atomic E-state index is -0.653. The lowest BCUT2D eigenvalue weighted by atomic mass is 9.98. The highest BCUT2D eigenvalue weighted by molar-refractivity contribution is 5.86. The van der Waals surface area contributed by atoms with Crippen LogP contribution >= 0.6 is 0 Å². The van der Waals surface area contributed by atoms with Crippen molar-refractivity contribution in [2.75, 3.05) is 19.0 Å². The van der Waals surface area contributed by atoms with Gasteiger partial charge in [0.25, 0.3) is 5.91 Å². The van der Waals surface area contributed by atoms with Crippen LogP contribution in [-0.2, 0) is 11.2 Å². The molecule has 0 aliphatic rings. The molecule has 120 valence electrons. The zero-order valence-corrected chi connectivity index (χ0v) is 13.7. The number of hydrazine groups is 1. The van der Waals surface area contributed by atoms with Gasteiger partial charge in [-0.05, 0) is 37.0 Å². The standard InChI is InChI=1S/C17H25N3O2/c1-13(5-10-17(21)20(18)22)11-14(2)12-15-6-8-16(9-7-15)19(3)4/h5-11,14,22H,12,18H2,1-4H3/b10-5+,13-11+. The van der Waals surface area contributed by atoms with E-state index in [1.54, 1.807) is 6.08 Å². The fourth-order valence-electron chi connectivity index (χ4n) is 2.14. The molecule has 0 aliphatic heterocycles. The first-order valence-electron chi connectivity index (χ1n) is 7.20. The van der Waals surface area contributed by atoms with Crippen LogP contribution < -0.4 is 10.7 Å². The average Bonchev–Trinajstić information content (AvgIpc) is 2.44. The number of anilines is 1. The molecule has 0 radical (unpaired) electrons. The summed E-state index contributed by atoms with van der Waals surface area (Å²) in [4.78, 5) is 13.2. The van der Waals surface area contributed by atoms with Gasteiger partial charge in [0.15, 0.2) is 0 Å². The van der Waals surface area contributed by atoms with E-state index in [1.165, 1.54) is 17.3 Å². The quantitative estimate of drug-likeness (QED) is 0.212. The molecule has 1 amide bonds. The summed E-state index contributed by atoms with van der Waals surface area (Å²) in [6.07, 6.45) is 5.90. The molecule has 5 nitrogen and oxygen atoms in total. The molecule has 5 heteroatoms. The van der Waals surface area contributed by atoms with Crippen molar-refractivity contribution in [3.63, 3.8) is 0 Å². The lowest BCUT2D eigenvalue weighted by molar-refractivity contribution is -0.160. The molecule has 1 aromatic rings. The Bertz CT molecular complexity index is 546. The molecule has 1 unspecified atom stereocenters. The summed E-state index contributed by atoms with van der Waals surface area (Å²) in [6, 6.07) is 8.47. The second kappa shape index (κ2) is 8.36. The molecule has 1 rings (SSSR count). The molecule has 3 N–H and O–H groups in total. The SMILES string of the molecule is CC(/C=C/C(=O)N(N)O)=C\C(C)Cc1ccc(N(C)C)cc1. The Morgan fingerprint density at radius 2 is 1.86 bits per heavy atom. The summed E-state index contributed by atoms with van der Waals surface area (Å²) < 4.78 is 0. The second-order valence-electron chi connectivity index (χ2n) is 5.67. The Labute approximate surface area is 132 Å². The molecule has 1 aromatic carbocycles. The number of hydrogen-bond acceptors (Lipinski definition) is 4. The fraction of sp³-hybridized carbons (Fsp3) is 0.353. The first-order chi connectivity index (χ1) is 10.3. The highest BCUT2D eigenvalue weighted by Crippen LogP contribution is 2.16. The molecule has 0 aromatic heterocycles. The molecule has 0 fully saturated rings. The van der Waals surface area contributed by atoms with Crippen LogP contribution in [0.2, 0.25) is 0 Å². The Hall–Kier alpha value is -2.11. The molecule has 1 atom stereocenters. The van der Waals surface area contributed by atoms with Crippen molar-refractivity contribution in [2.24, 2.45) is 11.8 Å². The molecular weight excluding hydrogens is 278 g/mol. The number of allylic oxidation sites excluding steroid dienone is 3. The number of amides is 1. The smallest absolute Gasteiger partial charge is 0.284 e. The minimum Gasteiger partial charge on any atom is -0.378 e. The second-order valence-corrected chi connectivity index (χ2v) is 5.67. The van der Waals surface area contributed by atoms with Gasteiger partial charge in [-0.1, -0.05) is 36.8 Å². The van der Waals surface area contributed by atoms with Crippen LogP contribution in [0.5, 0.6) is 0 Å². The van der Waals surface area contributed by atoms with Crippen LogP contribution in [0.25, 0.3) is 0 Å². The number of nitrogens with zero attached hydrogens (tertiary/aromatic N) is 2. The lowest BCUT2D eigenvalue weighted by Crippen LogP contribution is -2.32. The highest BCUT2D eigenvalue weighted by atomic mass is 16.5. The third-order valence-corrected chi connectivity index (χ3v) is 3.27. The maximum atomic E-state index is 11.1. The van der Waals surface area contributed by atoms with Crippen LogP contribution in [0.15, 0.2) is 48.1 Å². The van der Waals surface area contributed by atoms with E-state index < -0.39 is 5.91 Å². The molecular formula is C17H25N3O2. The van der Waals surface area contributed by atoms with Crippen LogP contribution in [0, 0.1) is 5.92 Å². The van der Waals surface area contributed by atoms with Crippen molar-refractivity contribution in [1.82, 2.24) is 5.17 Å². The van der Waals surface area contributed by atoms with E-state index in [1.807, 2.05) is 21.0 Å². The molecule has 0 bridgehead atoms. The van der Waals surface area contributed by atoms with Crippen LogP contribution in [-0.4, -0.2) is 30.4 Å². The third-order valence-electron chi connectivity index (χ3n) is 3.27. The van der Waals surface area contributed by atoms with Gasteiger partial charge >= 0.3 is 0 Å². The van der Waals surface area contributed by atoms with Gasteiger partial charge in [-0.25, -0.2) is 5.84 Å². The lowest BCUT2D eigenvalue weighted by Gasteiger charge is -2.13. The maximum absolute atomic E-state index is 11.1. The van der Waals surface area contributed by atoms with Gasteiger partial charge < -0.3 is 4.90 Å². The Morgan fingerprint density at radius 1 is 1.27 bits per heavy atom. The van der Waals surface area contributed by atoms with Gasteiger partial charge in [-0.15, -0.1) is 5.17 Å². The Balaban J connectivity index is 2.62. The molecule has 0 saturated carbocycles. The van der Waals surface area contributed by atoms with E-state index in [9.17, 15) is 4.79 Å².